The minimum absolute atomic E-state index is 0.0487. The molecule has 6 heteroatoms. The van der Waals surface area contributed by atoms with Crippen molar-refractivity contribution in [2.75, 3.05) is 18.0 Å². The molecule has 1 aliphatic carbocycles. The molecule has 2 fully saturated rings. The molecule has 0 radical (unpaired) electrons. The van der Waals surface area contributed by atoms with Gasteiger partial charge >= 0.3 is 0 Å². The highest BCUT2D eigenvalue weighted by Crippen LogP contribution is 2.37. The summed E-state index contributed by atoms with van der Waals surface area (Å²) in [5.41, 5.74) is 2.07. The third-order valence-corrected chi connectivity index (χ3v) is 7.07. The maximum atomic E-state index is 13.3. The van der Waals surface area contributed by atoms with E-state index in [1.807, 2.05) is 16.7 Å². The summed E-state index contributed by atoms with van der Waals surface area (Å²) in [6.07, 6.45) is 9.73. The fourth-order valence-corrected chi connectivity index (χ4v) is 5.25. The van der Waals surface area contributed by atoms with Gasteiger partial charge in [-0.3, -0.25) is 14.5 Å². The number of rotatable bonds is 5. The van der Waals surface area contributed by atoms with E-state index >= 15 is 0 Å². The van der Waals surface area contributed by atoms with Crippen LogP contribution in [0.3, 0.4) is 0 Å². The summed E-state index contributed by atoms with van der Waals surface area (Å²) in [5, 5.41) is 0. The number of anilines is 1. The lowest BCUT2D eigenvalue weighted by Gasteiger charge is -2.33. The Bertz CT molecular complexity index is 801. The number of fused-ring (bicyclic) bond motifs is 1. The second-order valence-corrected chi connectivity index (χ2v) is 9.72. The van der Waals surface area contributed by atoms with Crippen LogP contribution in [0.4, 0.5) is 5.82 Å². The predicted octanol–water partition coefficient (Wildman–Crippen LogP) is 4.35. The van der Waals surface area contributed by atoms with E-state index in [4.69, 9.17) is 9.97 Å². The van der Waals surface area contributed by atoms with Crippen LogP contribution in [0.5, 0.6) is 0 Å². The van der Waals surface area contributed by atoms with Gasteiger partial charge in [0.1, 0.15) is 5.82 Å². The summed E-state index contributed by atoms with van der Waals surface area (Å²) in [4.78, 5) is 39.7. The molecular formula is C24H36N4O2. The molecule has 1 atom stereocenters. The Morgan fingerprint density at radius 1 is 1.07 bits per heavy atom. The molecule has 2 amide bonds. The molecule has 0 unspecified atom stereocenters. The van der Waals surface area contributed by atoms with E-state index in [-0.39, 0.29) is 17.9 Å². The highest BCUT2D eigenvalue weighted by Gasteiger charge is 2.37. The van der Waals surface area contributed by atoms with E-state index in [0.717, 1.165) is 74.4 Å². The Morgan fingerprint density at radius 3 is 2.57 bits per heavy atom. The van der Waals surface area contributed by atoms with Gasteiger partial charge in [-0.2, -0.15) is 0 Å². The Morgan fingerprint density at radius 2 is 1.83 bits per heavy atom. The fourth-order valence-electron chi connectivity index (χ4n) is 5.25. The van der Waals surface area contributed by atoms with Crippen molar-refractivity contribution in [1.29, 1.82) is 0 Å². The van der Waals surface area contributed by atoms with Gasteiger partial charge in [-0.15, -0.1) is 0 Å². The second kappa shape index (κ2) is 9.03. The number of hydrogen-bond acceptors (Lipinski definition) is 4. The molecule has 2 aliphatic heterocycles. The van der Waals surface area contributed by atoms with Crippen LogP contribution >= 0.6 is 0 Å². The average Bonchev–Trinajstić information content (AvgIpc) is 3.22. The first-order chi connectivity index (χ1) is 14.5. The van der Waals surface area contributed by atoms with Gasteiger partial charge in [0.15, 0.2) is 5.82 Å². The molecule has 30 heavy (non-hydrogen) atoms. The number of aromatic nitrogens is 2. The molecule has 0 aromatic carbocycles. The maximum Gasteiger partial charge on any atom is 0.228 e. The molecule has 4 rings (SSSR count). The topological polar surface area (TPSA) is 66.4 Å². The molecule has 1 saturated heterocycles. The minimum atomic E-state index is -0.0487. The van der Waals surface area contributed by atoms with Gasteiger partial charge in [0.05, 0.1) is 6.04 Å². The maximum absolute atomic E-state index is 13.3. The zero-order valence-corrected chi connectivity index (χ0v) is 18.8. The van der Waals surface area contributed by atoms with Crippen molar-refractivity contribution in [2.24, 2.45) is 11.8 Å². The highest BCUT2D eigenvalue weighted by atomic mass is 16.2. The van der Waals surface area contributed by atoms with Crippen LogP contribution in [0.2, 0.25) is 0 Å². The van der Waals surface area contributed by atoms with Crippen molar-refractivity contribution >= 4 is 17.6 Å². The van der Waals surface area contributed by atoms with E-state index in [2.05, 4.69) is 13.8 Å². The third kappa shape index (κ3) is 4.23. The quantitative estimate of drug-likeness (QED) is 0.721. The lowest BCUT2D eigenvalue weighted by molar-refractivity contribution is -0.137. The van der Waals surface area contributed by atoms with E-state index in [1.165, 1.54) is 6.42 Å². The van der Waals surface area contributed by atoms with Gasteiger partial charge in [0.25, 0.3) is 0 Å². The smallest absolute Gasteiger partial charge is 0.228 e. The zero-order chi connectivity index (χ0) is 21.3. The van der Waals surface area contributed by atoms with Crippen molar-refractivity contribution in [1.82, 2.24) is 14.9 Å². The van der Waals surface area contributed by atoms with Crippen LogP contribution in [0.15, 0.2) is 0 Å². The Balaban J connectivity index is 1.62. The van der Waals surface area contributed by atoms with Crippen LogP contribution in [0.1, 0.15) is 94.8 Å². The molecule has 6 nitrogen and oxygen atoms in total. The average molecular weight is 413 g/mol. The Kier molecular flexibility index (Phi) is 6.40. The standard InChI is InChI=1S/C24H36N4O2/c1-16(2)13-15-28-21(29)12-11-19-17(3)25-22(26-23(19)28)20-10-7-14-27(20)24(30)18-8-5-4-6-9-18/h16,18,20H,4-15H2,1-3H3/t20-/m1/s1. The largest absolute Gasteiger partial charge is 0.332 e. The normalized spacial score (nSPS) is 22.7. The van der Waals surface area contributed by atoms with Gasteiger partial charge in [-0.25, -0.2) is 9.97 Å². The number of carbonyl (C=O) groups is 2. The summed E-state index contributed by atoms with van der Waals surface area (Å²) in [7, 11) is 0. The number of hydrogen-bond donors (Lipinski definition) is 0. The van der Waals surface area contributed by atoms with Crippen molar-refractivity contribution in [3.63, 3.8) is 0 Å². The molecule has 0 N–H and O–H groups in total. The monoisotopic (exact) mass is 412 g/mol. The number of amides is 2. The fraction of sp³-hybridized carbons (Fsp3) is 0.750. The second-order valence-electron chi connectivity index (χ2n) is 9.72. The molecule has 0 bridgehead atoms. The van der Waals surface area contributed by atoms with Crippen LogP contribution < -0.4 is 4.90 Å². The molecule has 1 aromatic rings. The summed E-state index contributed by atoms with van der Waals surface area (Å²) >= 11 is 0. The van der Waals surface area contributed by atoms with E-state index in [0.29, 0.717) is 31.2 Å². The lowest BCUT2D eigenvalue weighted by Crippen LogP contribution is -2.39. The van der Waals surface area contributed by atoms with Gasteiger partial charge in [0.2, 0.25) is 11.8 Å². The summed E-state index contributed by atoms with van der Waals surface area (Å²) in [6, 6.07) is -0.0487. The summed E-state index contributed by atoms with van der Waals surface area (Å²) < 4.78 is 0. The molecular weight excluding hydrogens is 376 g/mol. The van der Waals surface area contributed by atoms with Crippen LogP contribution in [0.25, 0.3) is 0 Å². The van der Waals surface area contributed by atoms with Crippen molar-refractivity contribution in [3.05, 3.63) is 17.1 Å². The minimum Gasteiger partial charge on any atom is -0.332 e. The van der Waals surface area contributed by atoms with Crippen molar-refractivity contribution in [3.8, 4) is 0 Å². The zero-order valence-electron chi connectivity index (χ0n) is 18.8. The first-order valence-corrected chi connectivity index (χ1v) is 11.9. The highest BCUT2D eigenvalue weighted by molar-refractivity contribution is 5.95. The van der Waals surface area contributed by atoms with E-state index in [1.54, 1.807) is 0 Å². The summed E-state index contributed by atoms with van der Waals surface area (Å²) in [6.45, 7) is 7.89. The lowest BCUT2D eigenvalue weighted by atomic mass is 9.88. The Labute approximate surface area is 180 Å². The number of aryl methyl sites for hydroxylation is 1. The first-order valence-electron chi connectivity index (χ1n) is 11.9. The third-order valence-electron chi connectivity index (χ3n) is 7.07. The van der Waals surface area contributed by atoms with Crippen LogP contribution in [0, 0.1) is 18.8 Å². The predicted molar refractivity (Wildman–Crippen MR) is 117 cm³/mol. The van der Waals surface area contributed by atoms with Crippen LogP contribution in [-0.4, -0.2) is 39.8 Å². The van der Waals surface area contributed by atoms with Gasteiger partial charge in [0, 0.05) is 36.7 Å². The molecule has 3 aliphatic rings. The van der Waals surface area contributed by atoms with Gasteiger partial charge < -0.3 is 4.90 Å². The molecule has 0 spiro atoms. The van der Waals surface area contributed by atoms with Gasteiger partial charge in [-0.1, -0.05) is 33.1 Å². The van der Waals surface area contributed by atoms with Gasteiger partial charge in [-0.05, 0) is 51.4 Å². The van der Waals surface area contributed by atoms with Crippen LogP contribution in [-0.2, 0) is 16.0 Å². The Hall–Kier alpha value is -1.98. The van der Waals surface area contributed by atoms with Crippen molar-refractivity contribution < 1.29 is 9.59 Å². The SMILES string of the molecule is Cc1nc([C@H]2CCCN2C(=O)C2CCCCC2)nc2c1CCC(=O)N2CCC(C)C. The molecule has 3 heterocycles. The van der Waals surface area contributed by atoms with Crippen molar-refractivity contribution in [2.45, 2.75) is 91.0 Å². The number of carbonyl (C=O) groups excluding carboxylic acids is 2. The first kappa shape index (κ1) is 21.3. The molecule has 1 saturated carbocycles. The van der Waals surface area contributed by atoms with E-state index < -0.39 is 0 Å². The number of likely N-dealkylation sites (tertiary alicyclic amines) is 1. The summed E-state index contributed by atoms with van der Waals surface area (Å²) in [5.74, 6) is 2.69. The number of nitrogens with zero attached hydrogens (tertiary/aromatic N) is 4. The van der Waals surface area contributed by atoms with E-state index in [9.17, 15) is 9.59 Å². The molecule has 164 valence electrons. The molecule has 1 aromatic heterocycles.